The number of hydrogen-bond donors (Lipinski definition) is 0. The number of carbonyl (C=O) groups is 1. The van der Waals surface area contributed by atoms with Gasteiger partial charge < -0.3 is 0 Å². The van der Waals surface area contributed by atoms with E-state index in [-0.39, 0.29) is 12.2 Å². The Morgan fingerprint density at radius 1 is 1.00 bits per heavy atom. The molecule has 0 aromatic heterocycles. The number of ketones is 1. The van der Waals surface area contributed by atoms with Crippen LogP contribution in [-0.4, -0.2) is 5.78 Å². The van der Waals surface area contributed by atoms with Gasteiger partial charge in [-0.25, -0.2) is 4.39 Å². The van der Waals surface area contributed by atoms with Crippen LogP contribution in [0.3, 0.4) is 0 Å². The third kappa shape index (κ3) is 1.79. The molecule has 0 spiro atoms. The molecule has 1 unspecified atom stereocenters. The molecule has 0 fully saturated rings. The fourth-order valence-corrected chi connectivity index (χ4v) is 2.93. The highest BCUT2D eigenvalue weighted by atomic mass is 19.1. The third-order valence-electron chi connectivity index (χ3n) is 3.83. The van der Waals surface area contributed by atoms with Crippen molar-refractivity contribution in [3.8, 4) is 11.1 Å². The summed E-state index contributed by atoms with van der Waals surface area (Å²) < 4.78 is 14.4. The Hall–Kier alpha value is -1.96. The number of hydrogen-bond acceptors (Lipinski definition) is 1. The largest absolute Gasteiger partial charge is 0.296 e. The molecule has 0 saturated heterocycles. The zero-order valence-electron chi connectivity index (χ0n) is 11.0. The Labute approximate surface area is 112 Å². The number of rotatable bonds is 0. The van der Waals surface area contributed by atoms with Crippen LogP contribution < -0.4 is 0 Å². The summed E-state index contributed by atoms with van der Waals surface area (Å²) in [7, 11) is 0. The van der Waals surface area contributed by atoms with E-state index < -0.39 is 6.17 Å². The number of Topliss-reactive ketones (excluding diaryl/α,β-unsaturated/α-hetero) is 1. The van der Waals surface area contributed by atoms with Crippen LogP contribution in [0.1, 0.15) is 28.4 Å². The van der Waals surface area contributed by atoms with Crippen molar-refractivity contribution in [3.63, 3.8) is 0 Å². The number of carbonyl (C=O) groups excluding carboxylic acids is 1. The molecule has 0 radical (unpaired) electrons. The summed E-state index contributed by atoms with van der Waals surface area (Å²) in [6.07, 6.45) is -1.34. The summed E-state index contributed by atoms with van der Waals surface area (Å²) in [6.45, 7) is 3.98. The van der Waals surface area contributed by atoms with E-state index in [4.69, 9.17) is 0 Å². The summed E-state index contributed by atoms with van der Waals surface area (Å²) in [5, 5.41) is 0. The van der Waals surface area contributed by atoms with Crippen molar-refractivity contribution in [2.24, 2.45) is 0 Å². The summed E-state index contributed by atoms with van der Waals surface area (Å²) in [5.74, 6) is -0.351. The summed E-state index contributed by atoms with van der Waals surface area (Å²) in [6, 6.07) is 11.4. The second-order valence-corrected chi connectivity index (χ2v) is 5.15. The van der Waals surface area contributed by atoms with Crippen LogP contribution in [0.25, 0.3) is 11.1 Å². The second kappa shape index (κ2) is 4.30. The molecule has 0 N–H and O–H groups in total. The van der Waals surface area contributed by atoms with Crippen molar-refractivity contribution in [2.45, 2.75) is 26.4 Å². The lowest BCUT2D eigenvalue weighted by Crippen LogP contribution is -2.09. The molecule has 0 heterocycles. The van der Waals surface area contributed by atoms with Crippen molar-refractivity contribution in [3.05, 3.63) is 58.7 Å². The molecule has 1 aliphatic carbocycles. The normalized spacial score (nSPS) is 17.6. The van der Waals surface area contributed by atoms with Gasteiger partial charge in [0.1, 0.15) is 0 Å². The number of aryl methyl sites for hydroxylation is 2. The average molecular weight is 254 g/mol. The quantitative estimate of drug-likeness (QED) is 0.691. The van der Waals surface area contributed by atoms with E-state index in [1.807, 2.05) is 44.2 Å². The molecule has 1 aliphatic rings. The van der Waals surface area contributed by atoms with Crippen molar-refractivity contribution in [1.29, 1.82) is 0 Å². The van der Waals surface area contributed by atoms with Gasteiger partial charge in [0.2, 0.25) is 0 Å². The maximum absolute atomic E-state index is 14.4. The number of halogens is 1. The van der Waals surface area contributed by atoms with Gasteiger partial charge in [0.05, 0.1) is 0 Å². The van der Waals surface area contributed by atoms with Gasteiger partial charge in [-0.2, -0.15) is 0 Å². The SMILES string of the molecule is Cc1cccc2c1-c1c(C)cccc1C(F)C(=O)C2. The maximum Gasteiger partial charge on any atom is 0.184 e. The predicted octanol–water partition coefficient (Wildman–Crippen LogP) is 4.11. The molecule has 3 rings (SSSR count). The van der Waals surface area contributed by atoms with Crippen LogP contribution in [-0.2, 0) is 11.2 Å². The molecule has 0 saturated carbocycles. The van der Waals surface area contributed by atoms with Gasteiger partial charge in [0.15, 0.2) is 12.0 Å². The highest BCUT2D eigenvalue weighted by molar-refractivity contribution is 5.94. The molecule has 2 heteroatoms. The van der Waals surface area contributed by atoms with E-state index in [1.54, 1.807) is 6.07 Å². The lowest BCUT2D eigenvalue weighted by molar-refractivity contribution is -0.123. The van der Waals surface area contributed by atoms with E-state index in [1.165, 1.54) is 0 Å². The topological polar surface area (TPSA) is 17.1 Å². The van der Waals surface area contributed by atoms with Gasteiger partial charge in [0.25, 0.3) is 0 Å². The molecule has 96 valence electrons. The molecule has 0 aliphatic heterocycles. The first-order chi connectivity index (χ1) is 9.09. The Kier molecular flexibility index (Phi) is 2.74. The minimum atomic E-state index is -1.51. The minimum absolute atomic E-state index is 0.173. The molecule has 0 bridgehead atoms. The van der Waals surface area contributed by atoms with Crippen LogP contribution in [0.15, 0.2) is 36.4 Å². The first-order valence-electron chi connectivity index (χ1n) is 6.44. The Morgan fingerprint density at radius 2 is 1.63 bits per heavy atom. The van der Waals surface area contributed by atoms with Crippen molar-refractivity contribution >= 4 is 5.78 Å². The first-order valence-corrected chi connectivity index (χ1v) is 6.44. The average Bonchev–Trinajstić information content (AvgIpc) is 2.49. The summed E-state index contributed by atoms with van der Waals surface area (Å²) in [5.41, 5.74) is 5.48. The van der Waals surface area contributed by atoms with Crippen molar-refractivity contribution in [1.82, 2.24) is 0 Å². The maximum atomic E-state index is 14.4. The molecule has 0 amide bonds. The van der Waals surface area contributed by atoms with E-state index in [9.17, 15) is 9.18 Å². The van der Waals surface area contributed by atoms with Crippen molar-refractivity contribution in [2.75, 3.05) is 0 Å². The second-order valence-electron chi connectivity index (χ2n) is 5.15. The van der Waals surface area contributed by atoms with Gasteiger partial charge in [-0.15, -0.1) is 0 Å². The van der Waals surface area contributed by atoms with Gasteiger partial charge in [-0.05, 0) is 41.7 Å². The van der Waals surface area contributed by atoms with Crippen LogP contribution >= 0.6 is 0 Å². The fraction of sp³-hybridized carbons (Fsp3) is 0.235. The van der Waals surface area contributed by atoms with Gasteiger partial charge >= 0.3 is 0 Å². The van der Waals surface area contributed by atoms with Crippen LogP contribution in [0.5, 0.6) is 0 Å². The zero-order valence-corrected chi connectivity index (χ0v) is 11.0. The number of alkyl halides is 1. The molecule has 2 aromatic rings. The lowest BCUT2D eigenvalue weighted by atomic mass is 9.89. The van der Waals surface area contributed by atoms with Gasteiger partial charge in [-0.1, -0.05) is 36.4 Å². The summed E-state index contributed by atoms with van der Waals surface area (Å²) in [4.78, 5) is 12.0. The van der Waals surface area contributed by atoms with E-state index in [0.717, 1.165) is 27.8 Å². The van der Waals surface area contributed by atoms with Crippen LogP contribution in [0.2, 0.25) is 0 Å². The standard InChI is InChI=1S/C17H15FO/c1-10-5-3-7-12-9-14(19)17(18)13-8-4-6-11(2)16(13)15(10)12/h3-8,17H,9H2,1-2H3. The molecule has 19 heavy (non-hydrogen) atoms. The Morgan fingerprint density at radius 3 is 2.37 bits per heavy atom. The molecule has 1 nitrogen and oxygen atoms in total. The number of benzene rings is 2. The smallest absolute Gasteiger partial charge is 0.184 e. The molecule has 1 atom stereocenters. The first kappa shape index (κ1) is 12.1. The highest BCUT2D eigenvalue weighted by Gasteiger charge is 2.29. The third-order valence-corrected chi connectivity index (χ3v) is 3.83. The number of fused-ring (bicyclic) bond motifs is 3. The Balaban J connectivity index is 2.43. The Bertz CT molecular complexity index is 673. The van der Waals surface area contributed by atoms with Crippen LogP contribution in [0, 0.1) is 13.8 Å². The van der Waals surface area contributed by atoms with Crippen LogP contribution in [0.4, 0.5) is 4.39 Å². The van der Waals surface area contributed by atoms with E-state index in [2.05, 4.69) is 0 Å². The monoisotopic (exact) mass is 254 g/mol. The van der Waals surface area contributed by atoms with Gasteiger partial charge in [0, 0.05) is 12.0 Å². The zero-order chi connectivity index (χ0) is 13.6. The summed E-state index contributed by atoms with van der Waals surface area (Å²) >= 11 is 0. The van der Waals surface area contributed by atoms with Gasteiger partial charge in [-0.3, -0.25) is 4.79 Å². The fourth-order valence-electron chi connectivity index (χ4n) is 2.93. The molecular formula is C17H15FO. The minimum Gasteiger partial charge on any atom is -0.296 e. The molecular weight excluding hydrogens is 239 g/mol. The van der Waals surface area contributed by atoms with Crippen molar-refractivity contribution < 1.29 is 9.18 Å². The predicted molar refractivity (Wildman–Crippen MR) is 73.9 cm³/mol. The van der Waals surface area contributed by atoms with E-state index in [0.29, 0.717) is 5.56 Å². The van der Waals surface area contributed by atoms with E-state index >= 15 is 0 Å². The lowest BCUT2D eigenvalue weighted by Gasteiger charge is -2.15. The highest BCUT2D eigenvalue weighted by Crippen LogP contribution is 2.40. The molecule has 2 aromatic carbocycles.